The van der Waals surface area contributed by atoms with Gasteiger partial charge >= 0.3 is 0 Å². The Balaban J connectivity index is 1.63. The zero-order valence-corrected chi connectivity index (χ0v) is 16.6. The summed E-state index contributed by atoms with van der Waals surface area (Å²) in [7, 11) is 0. The van der Waals surface area contributed by atoms with E-state index in [2.05, 4.69) is 21.2 Å². The minimum absolute atomic E-state index is 0.0148. The summed E-state index contributed by atoms with van der Waals surface area (Å²) in [6, 6.07) is 13.5. The van der Waals surface area contributed by atoms with E-state index in [4.69, 9.17) is 21.4 Å². The van der Waals surface area contributed by atoms with E-state index in [0.29, 0.717) is 10.8 Å². The molecular formula is C18H13BrClN3O2S. The third kappa shape index (κ3) is 2.45. The van der Waals surface area contributed by atoms with Crippen molar-refractivity contribution in [2.75, 3.05) is 5.75 Å². The molecule has 5 rings (SSSR count). The quantitative estimate of drug-likeness (QED) is 0.681. The summed E-state index contributed by atoms with van der Waals surface area (Å²) in [6.07, 6.45) is 0.725. The Labute approximate surface area is 167 Å². The third-order valence-electron chi connectivity index (χ3n) is 4.78. The van der Waals surface area contributed by atoms with E-state index >= 15 is 0 Å². The summed E-state index contributed by atoms with van der Waals surface area (Å²) < 4.78 is 7.24. The molecule has 2 unspecified atom stereocenters. The second-order valence-electron chi connectivity index (χ2n) is 6.36. The number of nitrogens with zero attached hydrogens (tertiary/aromatic N) is 2. The Hall–Kier alpha value is -1.70. The van der Waals surface area contributed by atoms with Crippen molar-refractivity contribution in [3.05, 3.63) is 63.1 Å². The number of amides is 1. The van der Waals surface area contributed by atoms with E-state index < -0.39 is 5.85 Å². The predicted octanol–water partition coefficient (Wildman–Crippen LogP) is 4.76. The van der Waals surface area contributed by atoms with E-state index in [9.17, 15) is 4.79 Å². The van der Waals surface area contributed by atoms with Crippen molar-refractivity contribution in [1.82, 2.24) is 10.3 Å². The summed E-state index contributed by atoms with van der Waals surface area (Å²) in [5, 5.41) is 10.3. The zero-order chi connectivity index (χ0) is 17.9. The molecule has 1 fully saturated rings. The van der Waals surface area contributed by atoms with Gasteiger partial charge in [-0.1, -0.05) is 57.5 Å². The molecule has 2 aromatic rings. The molecule has 2 aromatic carbocycles. The molecular weight excluding hydrogens is 438 g/mol. The summed E-state index contributed by atoms with van der Waals surface area (Å²) in [5.41, 5.74) is 3.02. The lowest BCUT2D eigenvalue weighted by Gasteiger charge is -2.44. The SMILES string of the molecule is O=C1NC2(CS1)Oc1cccc(Br)c1C1CC(c3ccc(Cl)cc3)=NN12. The van der Waals surface area contributed by atoms with Crippen LogP contribution < -0.4 is 10.1 Å². The van der Waals surface area contributed by atoms with Gasteiger partial charge in [0.2, 0.25) is 0 Å². The van der Waals surface area contributed by atoms with Crippen molar-refractivity contribution in [3.63, 3.8) is 0 Å². The number of halogens is 2. The fourth-order valence-electron chi connectivity index (χ4n) is 3.62. The molecule has 0 aromatic heterocycles. The Kier molecular flexibility index (Phi) is 3.74. The van der Waals surface area contributed by atoms with Crippen LogP contribution in [0.1, 0.15) is 23.6 Å². The minimum atomic E-state index is -0.950. The van der Waals surface area contributed by atoms with Gasteiger partial charge in [0.15, 0.2) is 0 Å². The zero-order valence-electron chi connectivity index (χ0n) is 13.4. The first-order valence-corrected chi connectivity index (χ1v) is 10.3. The highest BCUT2D eigenvalue weighted by molar-refractivity contribution is 9.10. The van der Waals surface area contributed by atoms with Crippen LogP contribution in [0.25, 0.3) is 0 Å². The van der Waals surface area contributed by atoms with Crippen LogP contribution in [-0.2, 0) is 0 Å². The maximum absolute atomic E-state index is 11.9. The molecule has 0 radical (unpaired) electrons. The Morgan fingerprint density at radius 2 is 2.12 bits per heavy atom. The molecule has 0 saturated carbocycles. The summed E-state index contributed by atoms with van der Waals surface area (Å²) >= 11 is 10.9. The van der Waals surface area contributed by atoms with Crippen molar-refractivity contribution in [2.24, 2.45) is 5.10 Å². The highest BCUT2D eigenvalue weighted by Gasteiger charge is 2.55. The molecule has 2 atom stereocenters. The number of carbonyl (C=O) groups excluding carboxylic acids is 1. The lowest BCUT2D eigenvalue weighted by Crippen LogP contribution is -2.62. The first kappa shape index (κ1) is 16.5. The fourth-order valence-corrected chi connectivity index (χ4v) is 5.18. The van der Waals surface area contributed by atoms with Crippen LogP contribution in [0.2, 0.25) is 5.02 Å². The van der Waals surface area contributed by atoms with Crippen LogP contribution in [0.4, 0.5) is 4.79 Å². The molecule has 5 nitrogen and oxygen atoms in total. The highest BCUT2D eigenvalue weighted by atomic mass is 79.9. The average Bonchev–Trinajstić information content (AvgIpc) is 3.21. The number of hydrogen-bond acceptors (Lipinski definition) is 5. The lowest BCUT2D eigenvalue weighted by atomic mass is 9.96. The molecule has 1 saturated heterocycles. The number of hydrazone groups is 1. The molecule has 26 heavy (non-hydrogen) atoms. The first-order chi connectivity index (χ1) is 12.6. The van der Waals surface area contributed by atoms with E-state index in [1.807, 2.05) is 47.5 Å². The number of thioether (sulfide) groups is 1. The van der Waals surface area contributed by atoms with Crippen molar-refractivity contribution in [2.45, 2.75) is 18.3 Å². The number of rotatable bonds is 1. The van der Waals surface area contributed by atoms with Gasteiger partial charge in [-0.3, -0.25) is 10.1 Å². The van der Waals surface area contributed by atoms with Gasteiger partial charge in [-0.25, -0.2) is 5.01 Å². The number of fused-ring (bicyclic) bond motifs is 4. The Morgan fingerprint density at radius 3 is 2.85 bits per heavy atom. The second-order valence-corrected chi connectivity index (χ2v) is 8.60. The minimum Gasteiger partial charge on any atom is -0.447 e. The normalized spacial score (nSPS) is 26.2. The van der Waals surface area contributed by atoms with Crippen molar-refractivity contribution < 1.29 is 9.53 Å². The average molecular weight is 451 g/mol. The maximum atomic E-state index is 11.9. The number of benzene rings is 2. The smallest absolute Gasteiger partial charge is 0.289 e. The standard InChI is InChI=1S/C18H13BrClN3O2S/c19-12-2-1-3-15-16(12)14-8-13(10-4-6-11(20)7-5-10)22-23(14)18(25-15)9-26-17(24)21-18/h1-7,14H,8-9H2,(H,21,24). The van der Waals surface area contributed by atoms with Crippen molar-refractivity contribution in [1.29, 1.82) is 0 Å². The first-order valence-electron chi connectivity index (χ1n) is 8.11. The van der Waals surface area contributed by atoms with Crippen LogP contribution in [0, 0.1) is 0 Å². The van der Waals surface area contributed by atoms with Gasteiger partial charge in [0.05, 0.1) is 17.5 Å². The lowest BCUT2D eigenvalue weighted by molar-refractivity contribution is -0.112. The van der Waals surface area contributed by atoms with Gasteiger partial charge in [-0.15, -0.1) is 0 Å². The largest absolute Gasteiger partial charge is 0.447 e. The molecule has 1 N–H and O–H groups in total. The Morgan fingerprint density at radius 1 is 1.31 bits per heavy atom. The maximum Gasteiger partial charge on any atom is 0.289 e. The van der Waals surface area contributed by atoms with Crippen LogP contribution in [0.15, 0.2) is 52.0 Å². The molecule has 8 heteroatoms. The predicted molar refractivity (Wildman–Crippen MR) is 106 cm³/mol. The second kappa shape index (κ2) is 5.90. The molecule has 3 aliphatic rings. The third-order valence-corrected chi connectivity index (χ3v) is 6.62. The van der Waals surface area contributed by atoms with Crippen LogP contribution in [-0.4, -0.2) is 27.6 Å². The molecule has 0 aliphatic carbocycles. The van der Waals surface area contributed by atoms with Crippen molar-refractivity contribution in [3.8, 4) is 5.75 Å². The summed E-state index contributed by atoms with van der Waals surface area (Å²) in [5.74, 6) is 0.302. The van der Waals surface area contributed by atoms with E-state index in [1.165, 1.54) is 11.8 Å². The number of carbonyl (C=O) groups is 1. The monoisotopic (exact) mass is 449 g/mol. The van der Waals surface area contributed by atoms with E-state index in [-0.39, 0.29) is 11.3 Å². The van der Waals surface area contributed by atoms with Crippen LogP contribution in [0.5, 0.6) is 5.75 Å². The van der Waals surface area contributed by atoms with Gasteiger partial charge < -0.3 is 4.74 Å². The Bertz CT molecular complexity index is 952. The molecule has 132 valence electrons. The van der Waals surface area contributed by atoms with Crippen LogP contribution in [0.3, 0.4) is 0 Å². The molecule has 1 amide bonds. The fraction of sp³-hybridized carbons (Fsp3) is 0.222. The van der Waals surface area contributed by atoms with Gasteiger partial charge in [-0.2, -0.15) is 5.10 Å². The molecule has 3 heterocycles. The molecule has 1 spiro atoms. The summed E-state index contributed by atoms with van der Waals surface area (Å²) in [4.78, 5) is 11.9. The number of hydrogen-bond donors (Lipinski definition) is 1. The highest BCUT2D eigenvalue weighted by Crippen LogP contribution is 2.50. The molecule has 0 bridgehead atoms. The molecule has 3 aliphatic heterocycles. The number of nitrogens with one attached hydrogen (secondary N) is 1. The van der Waals surface area contributed by atoms with Gasteiger partial charge in [-0.05, 0) is 29.8 Å². The van der Waals surface area contributed by atoms with Gasteiger partial charge in [0.1, 0.15) is 5.75 Å². The topological polar surface area (TPSA) is 53.9 Å². The van der Waals surface area contributed by atoms with Gasteiger partial charge in [0, 0.05) is 21.5 Å². The summed E-state index contributed by atoms with van der Waals surface area (Å²) in [6.45, 7) is 0. The van der Waals surface area contributed by atoms with Crippen LogP contribution >= 0.6 is 39.3 Å². The van der Waals surface area contributed by atoms with Gasteiger partial charge in [0.25, 0.3) is 11.1 Å². The number of ether oxygens (including phenoxy) is 1. The van der Waals surface area contributed by atoms with E-state index in [1.54, 1.807) is 0 Å². The van der Waals surface area contributed by atoms with E-state index in [0.717, 1.165) is 33.5 Å². The van der Waals surface area contributed by atoms with Crippen molar-refractivity contribution >= 4 is 50.2 Å².